The maximum Gasteiger partial charge on any atom is 0.109 e. The van der Waals surface area contributed by atoms with E-state index in [1.165, 1.54) is 44.8 Å². The average molecular weight is 248 g/mol. The van der Waals surface area contributed by atoms with Crippen LogP contribution in [0.15, 0.2) is 25.2 Å². The van der Waals surface area contributed by atoms with Crippen molar-refractivity contribution in [1.82, 2.24) is 0 Å². The molecule has 0 unspecified atom stereocenters. The summed E-state index contributed by atoms with van der Waals surface area (Å²) in [5, 5.41) is 0. The fraction of sp³-hybridized carbons (Fsp3) is 0.750. The second-order valence-electron chi connectivity index (χ2n) is 6.53. The molecule has 0 aliphatic heterocycles. The highest BCUT2D eigenvalue weighted by Crippen LogP contribution is 2.57. The predicted octanol–water partition coefficient (Wildman–Crippen LogP) is 4.04. The summed E-state index contributed by atoms with van der Waals surface area (Å²) >= 11 is 0. The second-order valence-corrected chi connectivity index (χ2v) is 6.53. The Balaban J connectivity index is 1.58. The highest BCUT2D eigenvalue weighted by molar-refractivity contribution is 5.05. The summed E-state index contributed by atoms with van der Waals surface area (Å²) in [7, 11) is 0. The van der Waals surface area contributed by atoms with Crippen LogP contribution in [0.1, 0.15) is 44.9 Å². The Labute approximate surface area is 110 Å². The lowest BCUT2D eigenvalue weighted by atomic mass is 9.54. The van der Waals surface area contributed by atoms with Gasteiger partial charge >= 0.3 is 0 Å². The van der Waals surface area contributed by atoms with Gasteiger partial charge in [-0.3, -0.25) is 0 Å². The Morgan fingerprint density at radius 3 is 2.17 bits per heavy atom. The number of hydrogen-bond acceptors (Lipinski definition) is 2. The second kappa shape index (κ2) is 4.64. The average Bonchev–Trinajstić information content (AvgIpc) is 2.26. The number of rotatable bonds is 6. The molecule has 0 saturated heterocycles. The third-order valence-electron chi connectivity index (χ3n) is 4.96. The Kier molecular flexibility index (Phi) is 3.13. The maximum atomic E-state index is 6.29. The summed E-state index contributed by atoms with van der Waals surface area (Å²) in [5.74, 6) is 3.68. The zero-order chi connectivity index (χ0) is 12.6. The van der Waals surface area contributed by atoms with Gasteiger partial charge in [-0.2, -0.15) is 0 Å². The van der Waals surface area contributed by atoms with Gasteiger partial charge in [-0.05, 0) is 56.3 Å². The third-order valence-corrected chi connectivity index (χ3v) is 4.96. The predicted molar refractivity (Wildman–Crippen MR) is 71.9 cm³/mol. The van der Waals surface area contributed by atoms with E-state index in [1.807, 2.05) is 0 Å². The molecular formula is C16H24O2. The molecule has 4 aliphatic carbocycles. The first-order chi connectivity index (χ1) is 8.69. The quantitative estimate of drug-likeness (QED) is 0.522. The first-order valence-corrected chi connectivity index (χ1v) is 7.28. The molecule has 2 heteroatoms. The molecular weight excluding hydrogens is 224 g/mol. The third kappa shape index (κ3) is 2.30. The Bertz CT molecular complexity index is 310. The molecule has 4 rings (SSSR count). The van der Waals surface area contributed by atoms with E-state index >= 15 is 0 Å². The van der Waals surface area contributed by atoms with Gasteiger partial charge in [-0.15, -0.1) is 0 Å². The van der Waals surface area contributed by atoms with Crippen LogP contribution in [0.4, 0.5) is 0 Å². The minimum absolute atomic E-state index is 0.139. The van der Waals surface area contributed by atoms with Crippen molar-refractivity contribution in [2.45, 2.75) is 50.5 Å². The molecule has 4 aliphatic rings. The fourth-order valence-electron chi connectivity index (χ4n) is 4.77. The van der Waals surface area contributed by atoms with E-state index in [1.54, 1.807) is 0 Å². The molecule has 4 saturated carbocycles. The van der Waals surface area contributed by atoms with Gasteiger partial charge in [0, 0.05) is 6.42 Å². The van der Waals surface area contributed by atoms with Crippen molar-refractivity contribution in [3.05, 3.63) is 25.2 Å². The van der Waals surface area contributed by atoms with Crippen molar-refractivity contribution < 1.29 is 9.47 Å². The fourth-order valence-corrected chi connectivity index (χ4v) is 4.77. The molecule has 0 spiro atoms. The largest absolute Gasteiger partial charge is 0.501 e. The van der Waals surface area contributed by atoms with Crippen molar-refractivity contribution >= 4 is 0 Å². The Morgan fingerprint density at radius 2 is 1.67 bits per heavy atom. The molecule has 4 fully saturated rings. The molecule has 0 heterocycles. The van der Waals surface area contributed by atoms with E-state index in [-0.39, 0.29) is 5.60 Å². The standard InChI is InChI=1S/C16H24O2/c1-3-17-5-4-12(2)18-16-9-13-6-14(10-16)8-15(7-13)11-16/h3,13-15H,1-2,4-11H2. The number of hydrogen-bond donors (Lipinski definition) is 0. The first kappa shape index (κ1) is 12.1. The van der Waals surface area contributed by atoms with Gasteiger partial charge in [0.2, 0.25) is 0 Å². The molecule has 0 N–H and O–H groups in total. The van der Waals surface area contributed by atoms with E-state index in [0.717, 1.165) is 29.9 Å². The van der Waals surface area contributed by atoms with Crippen LogP contribution in [0, 0.1) is 17.8 Å². The van der Waals surface area contributed by atoms with Gasteiger partial charge in [0.05, 0.1) is 18.6 Å². The summed E-state index contributed by atoms with van der Waals surface area (Å²) in [6, 6.07) is 0. The van der Waals surface area contributed by atoms with Crippen LogP contribution in [0.3, 0.4) is 0 Å². The van der Waals surface area contributed by atoms with Gasteiger partial charge in [-0.25, -0.2) is 0 Å². The van der Waals surface area contributed by atoms with Crippen LogP contribution in [0.5, 0.6) is 0 Å². The Hall–Kier alpha value is -0.920. The monoisotopic (exact) mass is 248 g/mol. The van der Waals surface area contributed by atoms with E-state index in [0.29, 0.717) is 6.61 Å². The van der Waals surface area contributed by atoms with Crippen molar-refractivity contribution in [1.29, 1.82) is 0 Å². The highest BCUT2D eigenvalue weighted by Gasteiger charge is 2.52. The summed E-state index contributed by atoms with van der Waals surface area (Å²) in [6.45, 7) is 8.24. The SMILES string of the molecule is C=COCCC(=C)OC12CC3CC(CC(C3)C1)C2. The minimum atomic E-state index is 0.139. The molecule has 0 radical (unpaired) electrons. The molecule has 100 valence electrons. The van der Waals surface area contributed by atoms with E-state index < -0.39 is 0 Å². The molecule has 18 heavy (non-hydrogen) atoms. The molecule has 2 nitrogen and oxygen atoms in total. The maximum absolute atomic E-state index is 6.29. The summed E-state index contributed by atoms with van der Waals surface area (Å²) in [4.78, 5) is 0. The van der Waals surface area contributed by atoms with E-state index in [4.69, 9.17) is 9.47 Å². The van der Waals surface area contributed by atoms with Crippen molar-refractivity contribution in [3.63, 3.8) is 0 Å². The van der Waals surface area contributed by atoms with Crippen LogP contribution < -0.4 is 0 Å². The van der Waals surface area contributed by atoms with Gasteiger partial charge in [-0.1, -0.05) is 13.2 Å². The van der Waals surface area contributed by atoms with Gasteiger partial charge < -0.3 is 9.47 Å². The van der Waals surface area contributed by atoms with E-state index in [9.17, 15) is 0 Å². The van der Waals surface area contributed by atoms with Crippen LogP contribution in [-0.4, -0.2) is 12.2 Å². The molecule has 0 aromatic carbocycles. The lowest BCUT2D eigenvalue weighted by Crippen LogP contribution is -2.51. The summed E-state index contributed by atoms with van der Waals surface area (Å²) < 4.78 is 11.4. The van der Waals surface area contributed by atoms with Gasteiger partial charge in [0.15, 0.2) is 0 Å². The van der Waals surface area contributed by atoms with Crippen LogP contribution >= 0.6 is 0 Å². The first-order valence-electron chi connectivity index (χ1n) is 7.28. The number of ether oxygens (including phenoxy) is 2. The molecule has 0 atom stereocenters. The lowest BCUT2D eigenvalue weighted by molar-refractivity contribution is -0.140. The van der Waals surface area contributed by atoms with E-state index in [2.05, 4.69) is 13.2 Å². The molecule has 4 bridgehead atoms. The lowest BCUT2D eigenvalue weighted by Gasteiger charge is -2.56. The minimum Gasteiger partial charge on any atom is -0.501 e. The zero-order valence-corrected chi connectivity index (χ0v) is 11.2. The smallest absolute Gasteiger partial charge is 0.109 e. The van der Waals surface area contributed by atoms with Gasteiger partial charge in [0.1, 0.15) is 5.60 Å². The molecule has 0 aromatic rings. The molecule has 0 aromatic heterocycles. The Morgan fingerprint density at radius 1 is 1.11 bits per heavy atom. The molecule has 0 amide bonds. The van der Waals surface area contributed by atoms with Crippen molar-refractivity contribution in [2.24, 2.45) is 17.8 Å². The van der Waals surface area contributed by atoms with Crippen molar-refractivity contribution in [2.75, 3.05) is 6.61 Å². The topological polar surface area (TPSA) is 18.5 Å². The normalized spacial score (nSPS) is 40.6. The van der Waals surface area contributed by atoms with Gasteiger partial charge in [0.25, 0.3) is 0 Å². The van der Waals surface area contributed by atoms with Crippen molar-refractivity contribution in [3.8, 4) is 0 Å². The van der Waals surface area contributed by atoms with Crippen LogP contribution in [0.25, 0.3) is 0 Å². The van der Waals surface area contributed by atoms with Crippen LogP contribution in [-0.2, 0) is 9.47 Å². The summed E-state index contributed by atoms with van der Waals surface area (Å²) in [6.07, 6.45) is 10.4. The highest BCUT2D eigenvalue weighted by atomic mass is 16.5. The zero-order valence-electron chi connectivity index (χ0n) is 11.2. The summed E-state index contributed by atoms with van der Waals surface area (Å²) in [5.41, 5.74) is 0.139. The van der Waals surface area contributed by atoms with Crippen LogP contribution in [0.2, 0.25) is 0 Å².